The molecule has 2 N–H and O–H groups in total. The minimum absolute atomic E-state index is 0.0110. The van der Waals surface area contributed by atoms with Crippen LogP contribution in [-0.2, 0) is 17.9 Å². The van der Waals surface area contributed by atoms with E-state index >= 15 is 0 Å². The third kappa shape index (κ3) is 2.31. The number of rotatable bonds is 4. The molecule has 4 heteroatoms. The number of carbonyl (C=O) groups excluding carboxylic acids is 1. The van der Waals surface area contributed by atoms with Gasteiger partial charge in [0.2, 0.25) is 5.91 Å². The Morgan fingerprint density at radius 3 is 2.88 bits per heavy atom. The summed E-state index contributed by atoms with van der Waals surface area (Å²) < 4.78 is 1.87. The van der Waals surface area contributed by atoms with Gasteiger partial charge in [-0.25, -0.2) is 0 Å². The number of para-hydroxylation sites is 1. The van der Waals surface area contributed by atoms with Crippen molar-refractivity contribution in [2.24, 2.45) is 0 Å². The summed E-state index contributed by atoms with van der Waals surface area (Å²) in [6.45, 7) is 2.80. The van der Waals surface area contributed by atoms with Crippen LogP contribution >= 0.6 is 0 Å². The van der Waals surface area contributed by atoms with Crippen molar-refractivity contribution in [1.82, 2.24) is 9.88 Å². The molecular weight excluding hydrogens is 216 g/mol. The lowest BCUT2D eigenvalue weighted by Gasteiger charge is -2.05. The van der Waals surface area contributed by atoms with Crippen LogP contribution < -0.4 is 5.32 Å². The fraction of sp³-hybridized carbons (Fsp3) is 0.308. The Kier molecular flexibility index (Phi) is 3.44. The van der Waals surface area contributed by atoms with Crippen LogP contribution in [0, 0.1) is 0 Å². The third-order valence-corrected chi connectivity index (χ3v) is 2.73. The molecule has 1 aromatic carbocycles. The van der Waals surface area contributed by atoms with E-state index in [2.05, 4.69) is 5.32 Å². The quantitative estimate of drug-likeness (QED) is 0.834. The van der Waals surface area contributed by atoms with Crippen LogP contribution in [0.25, 0.3) is 10.9 Å². The number of nitrogens with one attached hydrogen (secondary N) is 1. The van der Waals surface area contributed by atoms with Gasteiger partial charge in [-0.05, 0) is 13.0 Å². The molecule has 0 saturated carbocycles. The summed E-state index contributed by atoms with van der Waals surface area (Å²) in [6, 6.07) is 7.76. The molecule has 2 aromatic rings. The van der Waals surface area contributed by atoms with E-state index in [4.69, 9.17) is 0 Å². The zero-order valence-corrected chi connectivity index (χ0v) is 9.81. The SMILES string of the molecule is CCNC(=O)Cn1cc(CO)c2ccccc21. The minimum Gasteiger partial charge on any atom is -0.392 e. The number of hydrogen-bond donors (Lipinski definition) is 2. The number of aromatic nitrogens is 1. The van der Waals surface area contributed by atoms with E-state index in [0.29, 0.717) is 6.54 Å². The van der Waals surface area contributed by atoms with E-state index in [0.717, 1.165) is 16.5 Å². The van der Waals surface area contributed by atoms with Crippen LogP contribution in [0.3, 0.4) is 0 Å². The van der Waals surface area contributed by atoms with Gasteiger partial charge in [0.05, 0.1) is 6.61 Å². The Morgan fingerprint density at radius 2 is 2.18 bits per heavy atom. The summed E-state index contributed by atoms with van der Waals surface area (Å²) in [5.74, 6) is -0.0160. The summed E-state index contributed by atoms with van der Waals surface area (Å²) in [5.41, 5.74) is 1.83. The summed E-state index contributed by atoms with van der Waals surface area (Å²) in [6.07, 6.45) is 1.83. The molecule has 0 aliphatic rings. The number of benzene rings is 1. The highest BCUT2D eigenvalue weighted by Crippen LogP contribution is 2.21. The van der Waals surface area contributed by atoms with Crippen molar-refractivity contribution in [3.8, 4) is 0 Å². The lowest BCUT2D eigenvalue weighted by Crippen LogP contribution is -2.26. The molecule has 0 fully saturated rings. The first kappa shape index (κ1) is 11.7. The summed E-state index contributed by atoms with van der Waals surface area (Å²) in [7, 11) is 0. The van der Waals surface area contributed by atoms with Gasteiger partial charge in [0, 0.05) is 29.2 Å². The molecule has 1 heterocycles. The minimum atomic E-state index is -0.0160. The van der Waals surface area contributed by atoms with Crippen molar-refractivity contribution < 1.29 is 9.90 Å². The van der Waals surface area contributed by atoms with Gasteiger partial charge in [0.25, 0.3) is 0 Å². The van der Waals surface area contributed by atoms with Crippen molar-refractivity contribution >= 4 is 16.8 Å². The lowest BCUT2D eigenvalue weighted by molar-refractivity contribution is -0.121. The zero-order valence-electron chi connectivity index (χ0n) is 9.81. The number of likely N-dealkylation sites (N-methyl/N-ethyl adjacent to an activating group) is 1. The molecule has 90 valence electrons. The molecule has 1 aromatic heterocycles. The Labute approximate surface area is 99.9 Å². The number of aliphatic hydroxyl groups is 1. The Balaban J connectivity index is 2.37. The van der Waals surface area contributed by atoms with Crippen LogP contribution in [0.4, 0.5) is 0 Å². The van der Waals surface area contributed by atoms with E-state index < -0.39 is 0 Å². The Bertz CT molecular complexity index is 531. The maximum absolute atomic E-state index is 11.6. The maximum Gasteiger partial charge on any atom is 0.239 e. The van der Waals surface area contributed by atoms with Crippen molar-refractivity contribution in [1.29, 1.82) is 0 Å². The second kappa shape index (κ2) is 5.01. The van der Waals surface area contributed by atoms with Gasteiger partial charge in [-0.3, -0.25) is 4.79 Å². The fourth-order valence-electron chi connectivity index (χ4n) is 1.99. The average molecular weight is 232 g/mol. The number of aliphatic hydroxyl groups excluding tert-OH is 1. The molecule has 0 radical (unpaired) electrons. The first-order chi connectivity index (χ1) is 8.26. The Hall–Kier alpha value is -1.81. The van der Waals surface area contributed by atoms with Crippen molar-refractivity contribution in [2.75, 3.05) is 6.54 Å². The van der Waals surface area contributed by atoms with E-state index in [1.165, 1.54) is 0 Å². The molecule has 17 heavy (non-hydrogen) atoms. The second-order valence-electron chi connectivity index (χ2n) is 3.91. The molecule has 0 bridgehead atoms. The third-order valence-electron chi connectivity index (χ3n) is 2.73. The smallest absolute Gasteiger partial charge is 0.239 e. The van der Waals surface area contributed by atoms with Crippen molar-refractivity contribution in [2.45, 2.75) is 20.1 Å². The van der Waals surface area contributed by atoms with E-state index in [-0.39, 0.29) is 19.1 Å². The molecule has 1 amide bonds. The van der Waals surface area contributed by atoms with Crippen molar-refractivity contribution in [3.05, 3.63) is 36.0 Å². The number of fused-ring (bicyclic) bond motifs is 1. The van der Waals surface area contributed by atoms with Crippen LogP contribution in [0.2, 0.25) is 0 Å². The Morgan fingerprint density at radius 1 is 1.41 bits per heavy atom. The number of hydrogen-bond acceptors (Lipinski definition) is 2. The highest BCUT2D eigenvalue weighted by Gasteiger charge is 2.09. The first-order valence-corrected chi connectivity index (χ1v) is 5.70. The predicted octanol–water partition coefficient (Wildman–Crippen LogP) is 1.27. The van der Waals surface area contributed by atoms with Crippen LogP contribution in [-0.4, -0.2) is 22.1 Å². The van der Waals surface area contributed by atoms with E-state index in [9.17, 15) is 9.90 Å². The highest BCUT2D eigenvalue weighted by molar-refractivity contribution is 5.86. The molecular formula is C13H16N2O2. The van der Waals surface area contributed by atoms with Gasteiger partial charge in [0.1, 0.15) is 6.54 Å². The van der Waals surface area contributed by atoms with Gasteiger partial charge < -0.3 is 15.0 Å². The lowest BCUT2D eigenvalue weighted by atomic mass is 10.2. The van der Waals surface area contributed by atoms with Gasteiger partial charge in [-0.2, -0.15) is 0 Å². The summed E-state index contributed by atoms with van der Waals surface area (Å²) in [5, 5.41) is 13.0. The number of carbonyl (C=O) groups is 1. The topological polar surface area (TPSA) is 54.3 Å². The average Bonchev–Trinajstić information content (AvgIpc) is 2.68. The summed E-state index contributed by atoms with van der Waals surface area (Å²) >= 11 is 0. The molecule has 0 aliphatic heterocycles. The zero-order chi connectivity index (χ0) is 12.3. The first-order valence-electron chi connectivity index (χ1n) is 5.70. The van der Waals surface area contributed by atoms with Gasteiger partial charge >= 0.3 is 0 Å². The van der Waals surface area contributed by atoms with E-state index in [1.807, 2.05) is 42.0 Å². The molecule has 4 nitrogen and oxygen atoms in total. The fourth-order valence-corrected chi connectivity index (χ4v) is 1.99. The predicted molar refractivity (Wildman–Crippen MR) is 66.5 cm³/mol. The largest absolute Gasteiger partial charge is 0.392 e. The van der Waals surface area contributed by atoms with Crippen LogP contribution in [0.5, 0.6) is 0 Å². The molecule has 0 aliphatic carbocycles. The van der Waals surface area contributed by atoms with Crippen molar-refractivity contribution in [3.63, 3.8) is 0 Å². The molecule has 2 rings (SSSR count). The molecule has 0 unspecified atom stereocenters. The monoisotopic (exact) mass is 232 g/mol. The second-order valence-corrected chi connectivity index (χ2v) is 3.91. The molecule has 0 saturated heterocycles. The highest BCUT2D eigenvalue weighted by atomic mass is 16.3. The molecule has 0 atom stereocenters. The van der Waals surface area contributed by atoms with Gasteiger partial charge in [-0.1, -0.05) is 18.2 Å². The van der Waals surface area contributed by atoms with E-state index in [1.54, 1.807) is 0 Å². The van der Waals surface area contributed by atoms with Gasteiger partial charge in [-0.15, -0.1) is 0 Å². The number of amides is 1. The normalized spacial score (nSPS) is 10.7. The van der Waals surface area contributed by atoms with Gasteiger partial charge in [0.15, 0.2) is 0 Å². The van der Waals surface area contributed by atoms with Crippen LogP contribution in [0.15, 0.2) is 30.5 Å². The number of nitrogens with zero attached hydrogens (tertiary/aromatic N) is 1. The standard InChI is InChI=1S/C13H16N2O2/c1-2-14-13(17)8-15-7-10(9-16)11-5-3-4-6-12(11)15/h3-7,16H,2,8-9H2,1H3,(H,14,17). The molecule has 0 spiro atoms. The summed E-state index contributed by atoms with van der Waals surface area (Å²) in [4.78, 5) is 11.6. The van der Waals surface area contributed by atoms with Crippen LogP contribution in [0.1, 0.15) is 12.5 Å². The maximum atomic E-state index is 11.6.